The molecule has 6 heteroatoms. The van der Waals surface area contributed by atoms with Gasteiger partial charge >= 0.3 is 0 Å². The summed E-state index contributed by atoms with van der Waals surface area (Å²) in [6, 6.07) is -0.724. The highest BCUT2D eigenvalue weighted by atomic mass is 16.2. The van der Waals surface area contributed by atoms with Crippen LogP contribution in [0.15, 0.2) is 0 Å². The van der Waals surface area contributed by atoms with Crippen LogP contribution in [0.2, 0.25) is 0 Å². The lowest BCUT2D eigenvalue weighted by atomic mass is 9.92. The van der Waals surface area contributed by atoms with Crippen LogP contribution in [0.25, 0.3) is 0 Å². The molecule has 0 bridgehead atoms. The molecule has 2 aliphatic heterocycles. The second-order valence-corrected chi connectivity index (χ2v) is 6.04. The Morgan fingerprint density at radius 1 is 1.35 bits per heavy atom. The summed E-state index contributed by atoms with van der Waals surface area (Å²) in [6.45, 7) is 2.74. The summed E-state index contributed by atoms with van der Waals surface area (Å²) in [5.41, 5.74) is 0. The van der Waals surface area contributed by atoms with E-state index in [2.05, 4.69) is 10.6 Å². The molecule has 110 valence electrons. The summed E-state index contributed by atoms with van der Waals surface area (Å²) in [7, 11) is 0. The van der Waals surface area contributed by atoms with Gasteiger partial charge in [-0.25, -0.2) is 0 Å². The van der Waals surface area contributed by atoms with Crippen LogP contribution < -0.4 is 10.6 Å². The normalized spacial score (nSPS) is 37.0. The van der Waals surface area contributed by atoms with Crippen molar-refractivity contribution < 1.29 is 14.4 Å². The highest BCUT2D eigenvalue weighted by molar-refractivity contribution is 6.04. The number of piperazine rings is 1. The molecule has 2 N–H and O–H groups in total. The molecule has 0 aromatic rings. The van der Waals surface area contributed by atoms with E-state index < -0.39 is 6.04 Å². The van der Waals surface area contributed by atoms with Crippen LogP contribution in [0, 0.1) is 11.8 Å². The second kappa shape index (κ2) is 5.16. The van der Waals surface area contributed by atoms with Crippen molar-refractivity contribution in [3.8, 4) is 0 Å². The molecule has 3 rings (SSSR count). The molecule has 0 aromatic carbocycles. The summed E-state index contributed by atoms with van der Waals surface area (Å²) in [5.74, 6) is 0.153. The molecule has 3 aliphatic rings. The van der Waals surface area contributed by atoms with Gasteiger partial charge in [0.05, 0.1) is 6.04 Å². The summed E-state index contributed by atoms with van der Waals surface area (Å²) >= 11 is 0. The Bertz CT molecular complexity index is 451. The molecule has 0 spiro atoms. The summed E-state index contributed by atoms with van der Waals surface area (Å²) < 4.78 is 0. The van der Waals surface area contributed by atoms with E-state index in [1.54, 1.807) is 0 Å². The van der Waals surface area contributed by atoms with Gasteiger partial charge < -0.3 is 10.2 Å². The van der Waals surface area contributed by atoms with E-state index >= 15 is 0 Å². The smallest absolute Gasteiger partial charge is 0.249 e. The molecule has 0 aromatic heterocycles. The molecule has 1 saturated carbocycles. The molecule has 2 saturated heterocycles. The Morgan fingerprint density at radius 2 is 2.15 bits per heavy atom. The number of imide groups is 1. The first-order chi connectivity index (χ1) is 9.61. The van der Waals surface area contributed by atoms with Crippen molar-refractivity contribution in [1.29, 1.82) is 0 Å². The van der Waals surface area contributed by atoms with E-state index in [0.717, 1.165) is 13.0 Å². The van der Waals surface area contributed by atoms with Gasteiger partial charge in [-0.1, -0.05) is 13.3 Å². The highest BCUT2D eigenvalue weighted by Crippen LogP contribution is 2.38. The lowest BCUT2D eigenvalue weighted by molar-refractivity contribution is -0.151. The van der Waals surface area contributed by atoms with E-state index in [1.165, 1.54) is 17.7 Å². The van der Waals surface area contributed by atoms with Gasteiger partial charge in [-0.05, 0) is 37.6 Å². The number of carbonyl (C=O) groups excluding carboxylic acids is 3. The maximum absolute atomic E-state index is 12.7. The molecule has 2 heterocycles. The van der Waals surface area contributed by atoms with Crippen LogP contribution in [0.3, 0.4) is 0 Å². The van der Waals surface area contributed by atoms with Crippen LogP contribution >= 0.6 is 0 Å². The standard InChI is InChI=1S/C14H21N3O3/c1-2-10-13(19)16-11(18)7-17(10)14(20)12-9-5-3-4-8(9)6-15-12/h8-10,12,15H,2-7H2,1H3,(H,16,18,19). The molecule has 4 atom stereocenters. The molecule has 3 fully saturated rings. The van der Waals surface area contributed by atoms with Gasteiger partial charge in [0.1, 0.15) is 12.6 Å². The van der Waals surface area contributed by atoms with Crippen molar-refractivity contribution in [3.05, 3.63) is 0 Å². The van der Waals surface area contributed by atoms with Gasteiger partial charge in [0.25, 0.3) is 0 Å². The van der Waals surface area contributed by atoms with Gasteiger partial charge in [0, 0.05) is 0 Å². The first kappa shape index (κ1) is 13.5. The summed E-state index contributed by atoms with van der Waals surface area (Å²) in [6.07, 6.45) is 3.96. The third-order valence-corrected chi connectivity index (χ3v) is 4.94. The monoisotopic (exact) mass is 279 g/mol. The molecule has 3 amide bonds. The Balaban J connectivity index is 1.78. The zero-order valence-corrected chi connectivity index (χ0v) is 11.7. The van der Waals surface area contributed by atoms with E-state index in [9.17, 15) is 14.4 Å². The minimum Gasteiger partial charge on any atom is -0.320 e. The first-order valence-corrected chi connectivity index (χ1v) is 7.49. The second-order valence-electron chi connectivity index (χ2n) is 6.04. The first-order valence-electron chi connectivity index (χ1n) is 7.49. The highest BCUT2D eigenvalue weighted by Gasteiger charge is 2.46. The predicted octanol–water partition coefficient (Wildman–Crippen LogP) is -0.362. The van der Waals surface area contributed by atoms with Crippen LogP contribution in [0.1, 0.15) is 32.6 Å². The fraction of sp³-hybridized carbons (Fsp3) is 0.786. The quantitative estimate of drug-likeness (QED) is 0.677. The lowest BCUT2D eigenvalue weighted by Crippen LogP contribution is -2.62. The van der Waals surface area contributed by atoms with Crippen LogP contribution in [-0.2, 0) is 14.4 Å². The van der Waals surface area contributed by atoms with Crippen LogP contribution in [0.5, 0.6) is 0 Å². The maximum Gasteiger partial charge on any atom is 0.249 e. The molecule has 1 aliphatic carbocycles. The van der Waals surface area contributed by atoms with Crippen LogP contribution in [-0.4, -0.2) is 47.8 Å². The van der Waals surface area contributed by atoms with Crippen molar-refractivity contribution in [1.82, 2.24) is 15.5 Å². The minimum atomic E-state index is -0.512. The maximum atomic E-state index is 12.7. The minimum absolute atomic E-state index is 0.00134. The Hall–Kier alpha value is -1.43. The van der Waals surface area contributed by atoms with Crippen molar-refractivity contribution >= 4 is 17.7 Å². The number of amides is 3. The van der Waals surface area contributed by atoms with Gasteiger partial charge in [0.15, 0.2) is 0 Å². The number of nitrogens with one attached hydrogen (secondary N) is 2. The van der Waals surface area contributed by atoms with Crippen molar-refractivity contribution in [3.63, 3.8) is 0 Å². The third kappa shape index (κ3) is 2.12. The van der Waals surface area contributed by atoms with Gasteiger partial charge in [0.2, 0.25) is 17.7 Å². The Labute approximate surface area is 118 Å². The number of hydrogen-bond donors (Lipinski definition) is 2. The third-order valence-electron chi connectivity index (χ3n) is 4.94. The van der Waals surface area contributed by atoms with Crippen molar-refractivity contribution in [2.45, 2.75) is 44.7 Å². The fourth-order valence-electron chi connectivity index (χ4n) is 3.94. The average molecular weight is 279 g/mol. The van der Waals surface area contributed by atoms with Crippen molar-refractivity contribution in [2.24, 2.45) is 11.8 Å². The number of hydrogen-bond acceptors (Lipinski definition) is 4. The average Bonchev–Trinajstić information content (AvgIpc) is 2.99. The molecule has 20 heavy (non-hydrogen) atoms. The van der Waals surface area contributed by atoms with E-state index in [1.807, 2.05) is 6.92 Å². The molecular formula is C14H21N3O3. The largest absolute Gasteiger partial charge is 0.320 e. The van der Waals surface area contributed by atoms with Crippen molar-refractivity contribution in [2.75, 3.05) is 13.1 Å². The number of carbonyl (C=O) groups is 3. The topological polar surface area (TPSA) is 78.5 Å². The van der Waals surface area contributed by atoms with Gasteiger partial charge in [-0.2, -0.15) is 0 Å². The summed E-state index contributed by atoms with van der Waals surface area (Å²) in [4.78, 5) is 37.6. The number of rotatable bonds is 2. The molecule has 6 nitrogen and oxygen atoms in total. The van der Waals surface area contributed by atoms with E-state index in [0.29, 0.717) is 18.3 Å². The SMILES string of the molecule is CCC1C(=O)NC(=O)CN1C(=O)C1NCC2CCCC21. The zero-order valence-electron chi connectivity index (χ0n) is 11.7. The van der Waals surface area contributed by atoms with Gasteiger partial charge in [-0.15, -0.1) is 0 Å². The number of fused-ring (bicyclic) bond motifs is 1. The zero-order chi connectivity index (χ0) is 14.3. The molecular weight excluding hydrogens is 258 g/mol. The van der Waals surface area contributed by atoms with Crippen LogP contribution in [0.4, 0.5) is 0 Å². The Kier molecular flexibility index (Phi) is 3.50. The van der Waals surface area contributed by atoms with Gasteiger partial charge in [-0.3, -0.25) is 19.7 Å². The van der Waals surface area contributed by atoms with E-state index in [-0.39, 0.29) is 30.3 Å². The molecule has 0 radical (unpaired) electrons. The lowest BCUT2D eigenvalue weighted by Gasteiger charge is -2.36. The summed E-state index contributed by atoms with van der Waals surface area (Å²) in [5, 5.41) is 5.61. The fourth-order valence-corrected chi connectivity index (χ4v) is 3.94. The predicted molar refractivity (Wildman–Crippen MR) is 71.6 cm³/mol. The Morgan fingerprint density at radius 3 is 2.90 bits per heavy atom. The van der Waals surface area contributed by atoms with E-state index in [4.69, 9.17) is 0 Å². The molecule has 4 unspecified atom stereocenters. The number of nitrogens with zero attached hydrogens (tertiary/aromatic N) is 1.